The van der Waals surface area contributed by atoms with Crippen LogP contribution in [-0.2, 0) is 17.8 Å². The molecule has 3 aromatic carbocycles. The van der Waals surface area contributed by atoms with Gasteiger partial charge in [0.1, 0.15) is 11.5 Å². The molecular weight excluding hydrogens is 524 g/mol. The van der Waals surface area contributed by atoms with E-state index in [-0.39, 0.29) is 23.0 Å². The second-order valence-corrected chi connectivity index (χ2v) is 10.2. The van der Waals surface area contributed by atoms with Gasteiger partial charge in [0.25, 0.3) is 5.91 Å². The summed E-state index contributed by atoms with van der Waals surface area (Å²) in [7, 11) is 0. The number of aryl methyl sites for hydroxylation is 1. The molecule has 4 rings (SSSR count). The fourth-order valence-corrected chi connectivity index (χ4v) is 4.59. The molecule has 2 atom stereocenters. The monoisotopic (exact) mass is 554 g/mol. The maximum absolute atomic E-state index is 13.2. The molecule has 2 amide bonds. The Labute approximate surface area is 239 Å². The van der Waals surface area contributed by atoms with Crippen molar-refractivity contribution in [3.05, 3.63) is 117 Å². The number of carbonyl (C=O) groups excluding carboxylic acids is 2. The first kappa shape index (κ1) is 28.6. The van der Waals surface area contributed by atoms with Gasteiger partial charge in [0.15, 0.2) is 0 Å². The van der Waals surface area contributed by atoms with Crippen molar-refractivity contribution < 1.29 is 14.0 Å². The lowest BCUT2D eigenvalue weighted by Gasteiger charge is -2.18. The average Bonchev–Trinajstić information content (AvgIpc) is 3.41. The lowest BCUT2D eigenvalue weighted by Crippen LogP contribution is -2.39. The van der Waals surface area contributed by atoms with Crippen LogP contribution in [-0.4, -0.2) is 17.9 Å². The molecule has 0 aliphatic heterocycles. The maximum Gasteiger partial charge on any atom is 0.253 e. The largest absolute Gasteiger partial charge is 0.460 e. The molecule has 0 aliphatic rings. The van der Waals surface area contributed by atoms with Gasteiger partial charge in [-0.3, -0.25) is 9.59 Å². The van der Waals surface area contributed by atoms with Crippen LogP contribution in [0.5, 0.6) is 0 Å². The summed E-state index contributed by atoms with van der Waals surface area (Å²) in [5.41, 5.74) is 10.2. The normalized spacial score (nSPS) is 12.3. The van der Waals surface area contributed by atoms with Gasteiger partial charge in [-0.15, -0.1) is 0 Å². The summed E-state index contributed by atoms with van der Waals surface area (Å²) in [6.07, 6.45) is 0.325. The van der Waals surface area contributed by atoms with Gasteiger partial charge in [-0.1, -0.05) is 53.6 Å². The number of rotatable bonds is 11. The Bertz CT molecular complexity index is 1520. The number of carbonyl (C=O) groups is 2. The zero-order valence-corrected chi connectivity index (χ0v) is 23.2. The molecule has 8 heteroatoms. The molecule has 0 saturated carbocycles. The van der Waals surface area contributed by atoms with Crippen molar-refractivity contribution in [2.45, 2.75) is 45.3 Å². The SMILES string of the molecule is Cc1ccc(C(C)NCc2ccc(-c3ccc(Cl)c(C(=O)NC(CC(N)=O)Cc4ccc(C#N)cc4)c3)o2)cc1. The second-order valence-electron chi connectivity index (χ2n) is 9.83. The van der Waals surface area contributed by atoms with Crippen molar-refractivity contribution in [1.29, 1.82) is 5.26 Å². The third-order valence-corrected chi connectivity index (χ3v) is 6.99. The fraction of sp³-hybridized carbons (Fsp3) is 0.219. The highest BCUT2D eigenvalue weighted by Gasteiger charge is 2.20. The first-order valence-electron chi connectivity index (χ1n) is 13.0. The molecule has 7 nitrogen and oxygen atoms in total. The molecular formula is C32H31ClN4O3. The van der Waals surface area contributed by atoms with Crippen LogP contribution in [0.3, 0.4) is 0 Å². The molecule has 0 radical (unpaired) electrons. The van der Waals surface area contributed by atoms with E-state index in [1.54, 1.807) is 42.5 Å². The summed E-state index contributed by atoms with van der Waals surface area (Å²) in [6.45, 7) is 4.71. The lowest BCUT2D eigenvalue weighted by atomic mass is 10.0. The third kappa shape index (κ3) is 7.60. The predicted octanol–water partition coefficient (Wildman–Crippen LogP) is 5.85. The molecule has 0 aliphatic carbocycles. The van der Waals surface area contributed by atoms with Crippen molar-refractivity contribution in [2.75, 3.05) is 0 Å². The highest BCUT2D eigenvalue weighted by atomic mass is 35.5. The van der Waals surface area contributed by atoms with Crippen LogP contribution in [0, 0.1) is 18.3 Å². The van der Waals surface area contributed by atoms with Gasteiger partial charge in [0.2, 0.25) is 5.91 Å². The van der Waals surface area contributed by atoms with Crippen LogP contribution in [0.15, 0.2) is 83.3 Å². The van der Waals surface area contributed by atoms with E-state index in [2.05, 4.69) is 54.8 Å². The zero-order chi connectivity index (χ0) is 28.6. The predicted molar refractivity (Wildman–Crippen MR) is 156 cm³/mol. The molecule has 1 heterocycles. The number of benzene rings is 3. The summed E-state index contributed by atoms with van der Waals surface area (Å²) >= 11 is 6.40. The first-order chi connectivity index (χ1) is 19.2. The van der Waals surface area contributed by atoms with Crippen LogP contribution < -0.4 is 16.4 Å². The molecule has 0 bridgehead atoms. The van der Waals surface area contributed by atoms with E-state index in [1.807, 2.05) is 12.1 Å². The number of hydrogen-bond acceptors (Lipinski definition) is 5. The molecule has 4 N–H and O–H groups in total. The topological polar surface area (TPSA) is 121 Å². The maximum atomic E-state index is 13.2. The highest BCUT2D eigenvalue weighted by Crippen LogP contribution is 2.27. The van der Waals surface area contributed by atoms with Crippen molar-refractivity contribution in [1.82, 2.24) is 10.6 Å². The quantitative estimate of drug-likeness (QED) is 0.215. The van der Waals surface area contributed by atoms with Crippen LogP contribution in [0.4, 0.5) is 0 Å². The summed E-state index contributed by atoms with van der Waals surface area (Å²) < 4.78 is 6.06. The van der Waals surface area contributed by atoms with Gasteiger partial charge in [0, 0.05) is 24.1 Å². The smallest absolute Gasteiger partial charge is 0.253 e. The Morgan fingerprint density at radius 1 is 1.02 bits per heavy atom. The number of halogens is 1. The molecule has 4 aromatic rings. The van der Waals surface area contributed by atoms with E-state index >= 15 is 0 Å². The molecule has 0 saturated heterocycles. The van der Waals surface area contributed by atoms with E-state index in [9.17, 15) is 9.59 Å². The van der Waals surface area contributed by atoms with E-state index in [0.717, 1.165) is 11.3 Å². The molecule has 2 unspecified atom stereocenters. The number of nitrogens with two attached hydrogens (primary N) is 1. The van der Waals surface area contributed by atoms with Gasteiger partial charge in [-0.05, 0) is 73.9 Å². The van der Waals surface area contributed by atoms with Gasteiger partial charge in [-0.2, -0.15) is 5.26 Å². The molecule has 0 fully saturated rings. The third-order valence-electron chi connectivity index (χ3n) is 6.66. The van der Waals surface area contributed by atoms with Crippen LogP contribution in [0.2, 0.25) is 5.02 Å². The minimum Gasteiger partial charge on any atom is -0.460 e. The minimum atomic E-state index is -0.547. The zero-order valence-electron chi connectivity index (χ0n) is 22.4. The summed E-state index contributed by atoms with van der Waals surface area (Å²) in [6, 6.07) is 25.9. The Kier molecular flexibility index (Phi) is 9.39. The van der Waals surface area contributed by atoms with E-state index in [4.69, 9.17) is 27.0 Å². The van der Waals surface area contributed by atoms with Gasteiger partial charge >= 0.3 is 0 Å². The van der Waals surface area contributed by atoms with Gasteiger partial charge in [-0.25, -0.2) is 0 Å². The van der Waals surface area contributed by atoms with Crippen molar-refractivity contribution in [3.8, 4) is 17.4 Å². The number of nitrogens with one attached hydrogen (secondary N) is 2. The van der Waals surface area contributed by atoms with E-state index in [1.165, 1.54) is 11.1 Å². The van der Waals surface area contributed by atoms with Crippen LogP contribution in [0.1, 0.15) is 57.8 Å². The average molecular weight is 555 g/mol. The molecule has 204 valence electrons. The Balaban J connectivity index is 1.44. The second kappa shape index (κ2) is 13.1. The van der Waals surface area contributed by atoms with Crippen molar-refractivity contribution >= 4 is 23.4 Å². The minimum absolute atomic E-state index is 0.0430. The number of furan rings is 1. The summed E-state index contributed by atoms with van der Waals surface area (Å²) in [5.74, 6) is 0.412. The Hall–Kier alpha value is -4.38. The Morgan fingerprint density at radius 3 is 2.42 bits per heavy atom. The number of hydrogen-bond donors (Lipinski definition) is 3. The summed E-state index contributed by atoms with van der Waals surface area (Å²) in [4.78, 5) is 24.9. The van der Waals surface area contributed by atoms with Crippen LogP contribution >= 0.6 is 11.6 Å². The van der Waals surface area contributed by atoms with Crippen molar-refractivity contribution in [2.24, 2.45) is 5.73 Å². The molecule has 40 heavy (non-hydrogen) atoms. The number of nitriles is 1. The standard InChI is InChI=1S/C32H31ClN4O3/c1-20-3-9-24(10-4-20)21(2)36-19-27-12-14-30(40-27)25-11-13-29(33)28(16-25)32(39)37-26(17-31(35)38)15-22-5-7-23(18-34)8-6-22/h3-14,16,21,26,36H,15,17,19H2,1-2H3,(H2,35,38)(H,37,39). The van der Waals surface area contributed by atoms with E-state index < -0.39 is 17.9 Å². The number of amides is 2. The van der Waals surface area contributed by atoms with Crippen molar-refractivity contribution in [3.63, 3.8) is 0 Å². The highest BCUT2D eigenvalue weighted by molar-refractivity contribution is 6.34. The van der Waals surface area contributed by atoms with E-state index in [0.29, 0.717) is 29.9 Å². The number of primary amides is 1. The van der Waals surface area contributed by atoms with Gasteiger partial charge in [0.05, 0.1) is 28.8 Å². The Morgan fingerprint density at radius 2 is 1.75 bits per heavy atom. The van der Waals surface area contributed by atoms with Crippen LogP contribution in [0.25, 0.3) is 11.3 Å². The lowest BCUT2D eigenvalue weighted by molar-refractivity contribution is -0.118. The van der Waals surface area contributed by atoms with Gasteiger partial charge < -0.3 is 20.8 Å². The fourth-order valence-electron chi connectivity index (χ4n) is 4.39. The molecule has 0 spiro atoms. The first-order valence-corrected chi connectivity index (χ1v) is 13.4. The summed E-state index contributed by atoms with van der Waals surface area (Å²) in [5, 5.41) is 15.6. The molecule has 1 aromatic heterocycles. The number of nitrogens with zero attached hydrogens (tertiary/aromatic N) is 1.